The van der Waals surface area contributed by atoms with Crippen LogP contribution in [0.1, 0.15) is 70.7 Å². The monoisotopic (exact) mass is 449 g/mol. The third-order valence-corrected chi connectivity index (χ3v) is 7.64. The van der Waals surface area contributed by atoms with Gasteiger partial charge in [-0.3, -0.25) is 9.69 Å². The summed E-state index contributed by atoms with van der Waals surface area (Å²) in [7, 11) is 0. The van der Waals surface area contributed by atoms with E-state index in [2.05, 4.69) is 58.9 Å². The van der Waals surface area contributed by atoms with Crippen LogP contribution in [0.3, 0.4) is 0 Å². The zero-order valence-corrected chi connectivity index (χ0v) is 19.9. The minimum atomic E-state index is -0.0526. The number of nitrogens with one attached hydrogen (secondary N) is 1. The molecule has 2 aromatic heterocycles. The number of thiazole rings is 1. The number of fused-ring (bicyclic) bond motifs is 1. The van der Waals surface area contributed by atoms with Gasteiger partial charge in [-0.1, -0.05) is 32.0 Å². The topological polar surface area (TPSA) is 63.1 Å². The molecule has 0 spiro atoms. The van der Waals surface area contributed by atoms with E-state index in [9.17, 15) is 4.79 Å². The van der Waals surface area contributed by atoms with E-state index in [0.29, 0.717) is 4.88 Å². The van der Waals surface area contributed by atoms with Gasteiger partial charge in [0.25, 0.3) is 5.91 Å². The van der Waals surface area contributed by atoms with Crippen LogP contribution in [0.5, 0.6) is 0 Å². The quantitative estimate of drug-likeness (QED) is 0.615. The summed E-state index contributed by atoms with van der Waals surface area (Å²) >= 11 is 1.52. The van der Waals surface area contributed by atoms with E-state index in [-0.39, 0.29) is 17.4 Å². The summed E-state index contributed by atoms with van der Waals surface area (Å²) in [6.45, 7) is 9.76. The Kier molecular flexibility index (Phi) is 5.63. The number of aryl methyl sites for hydroxylation is 1. The molecule has 5 rings (SSSR count). The molecule has 0 bridgehead atoms. The maximum absolute atomic E-state index is 13.1. The number of para-hydroxylation sites is 1. The number of amides is 1. The second kappa shape index (κ2) is 8.45. The van der Waals surface area contributed by atoms with Crippen molar-refractivity contribution in [3.8, 4) is 5.69 Å². The zero-order chi connectivity index (χ0) is 22.3. The lowest BCUT2D eigenvalue weighted by Crippen LogP contribution is -2.36. The Balaban J connectivity index is 1.37. The fourth-order valence-electron chi connectivity index (χ4n) is 5.03. The molecule has 1 aliphatic heterocycles. The molecule has 7 heteroatoms. The number of aromatic nitrogens is 3. The van der Waals surface area contributed by atoms with Crippen LogP contribution < -0.4 is 5.32 Å². The summed E-state index contributed by atoms with van der Waals surface area (Å²) in [6, 6.07) is 8.27. The number of rotatable bonds is 5. The molecule has 1 saturated heterocycles. The Morgan fingerprint density at radius 3 is 2.78 bits per heavy atom. The molecule has 0 saturated carbocycles. The Hall–Kier alpha value is -2.51. The van der Waals surface area contributed by atoms with Gasteiger partial charge in [0.15, 0.2) is 0 Å². The number of likely N-dealkylation sites (tertiary alicyclic amines) is 1. The predicted molar refractivity (Wildman–Crippen MR) is 127 cm³/mol. The molecule has 2 aliphatic rings. The standard InChI is InChI=1S/C25H31N5OS/c1-17-8-4-5-9-20(17)30-21-13-25(2,3)12-19(18(21)14-27-30)28-24(31)22-15-26-23(32-22)16-29-10-6-7-11-29/h4-5,8-9,14-15,19H,6-7,10-13,16H2,1-3H3,(H,28,31)/t19-/m0/s1. The molecule has 32 heavy (non-hydrogen) atoms. The molecule has 6 nitrogen and oxygen atoms in total. The van der Waals surface area contributed by atoms with Crippen LogP contribution >= 0.6 is 11.3 Å². The largest absolute Gasteiger partial charge is 0.344 e. The van der Waals surface area contributed by atoms with Gasteiger partial charge in [0.1, 0.15) is 9.88 Å². The highest BCUT2D eigenvalue weighted by Gasteiger charge is 2.36. The number of nitrogens with zero attached hydrogens (tertiary/aromatic N) is 4. The normalized spacial score (nSPS) is 20.3. The van der Waals surface area contributed by atoms with Gasteiger partial charge in [-0.05, 0) is 62.7 Å². The first-order chi connectivity index (χ1) is 15.4. The molecule has 1 atom stereocenters. The van der Waals surface area contributed by atoms with Crippen LogP contribution in [-0.4, -0.2) is 38.7 Å². The van der Waals surface area contributed by atoms with Crippen molar-refractivity contribution >= 4 is 17.2 Å². The molecule has 1 fully saturated rings. The summed E-state index contributed by atoms with van der Waals surface area (Å²) in [5, 5.41) is 9.06. The molecule has 1 aromatic carbocycles. The fourth-order valence-corrected chi connectivity index (χ4v) is 5.89. The first-order valence-electron chi connectivity index (χ1n) is 11.5. The van der Waals surface area contributed by atoms with Crippen LogP contribution in [0.25, 0.3) is 5.69 Å². The van der Waals surface area contributed by atoms with Crippen molar-refractivity contribution < 1.29 is 4.79 Å². The van der Waals surface area contributed by atoms with E-state index in [1.807, 2.05) is 12.3 Å². The van der Waals surface area contributed by atoms with Gasteiger partial charge in [-0.25, -0.2) is 9.67 Å². The van der Waals surface area contributed by atoms with Crippen LogP contribution in [-0.2, 0) is 13.0 Å². The smallest absolute Gasteiger partial charge is 0.263 e. The number of benzene rings is 1. The van der Waals surface area contributed by atoms with Crippen molar-refractivity contribution in [1.29, 1.82) is 0 Å². The van der Waals surface area contributed by atoms with Gasteiger partial charge in [0.05, 0.1) is 36.4 Å². The van der Waals surface area contributed by atoms with Gasteiger partial charge in [0.2, 0.25) is 0 Å². The molecular formula is C25H31N5OS. The molecule has 1 aliphatic carbocycles. The zero-order valence-electron chi connectivity index (χ0n) is 19.1. The Morgan fingerprint density at radius 2 is 2.00 bits per heavy atom. The predicted octanol–water partition coefficient (Wildman–Crippen LogP) is 4.68. The Morgan fingerprint density at radius 1 is 1.22 bits per heavy atom. The van der Waals surface area contributed by atoms with Crippen molar-refractivity contribution in [2.45, 2.75) is 59.0 Å². The lowest BCUT2D eigenvalue weighted by atomic mass is 9.74. The highest BCUT2D eigenvalue weighted by molar-refractivity contribution is 7.13. The van der Waals surface area contributed by atoms with Gasteiger partial charge in [-0.15, -0.1) is 11.3 Å². The highest BCUT2D eigenvalue weighted by atomic mass is 32.1. The summed E-state index contributed by atoms with van der Waals surface area (Å²) in [4.78, 5) is 20.8. The second-order valence-electron chi connectivity index (χ2n) is 9.92. The second-order valence-corrected chi connectivity index (χ2v) is 11.0. The number of hydrogen-bond acceptors (Lipinski definition) is 5. The minimum Gasteiger partial charge on any atom is -0.344 e. The molecule has 0 radical (unpaired) electrons. The van der Waals surface area contributed by atoms with Crippen LogP contribution in [0.4, 0.5) is 0 Å². The first kappa shape index (κ1) is 21.3. The summed E-state index contributed by atoms with van der Waals surface area (Å²) in [5.74, 6) is -0.0348. The molecule has 3 aromatic rings. The van der Waals surface area contributed by atoms with E-state index in [1.165, 1.54) is 35.4 Å². The van der Waals surface area contributed by atoms with E-state index < -0.39 is 0 Å². The van der Waals surface area contributed by atoms with Crippen LogP contribution in [0, 0.1) is 12.3 Å². The molecule has 3 heterocycles. The molecular weight excluding hydrogens is 418 g/mol. The number of carbonyl (C=O) groups is 1. The van der Waals surface area contributed by atoms with Crippen molar-refractivity contribution in [3.63, 3.8) is 0 Å². The van der Waals surface area contributed by atoms with E-state index in [1.54, 1.807) is 6.20 Å². The molecule has 1 N–H and O–H groups in total. The number of hydrogen-bond donors (Lipinski definition) is 1. The molecule has 168 valence electrons. The summed E-state index contributed by atoms with van der Waals surface area (Å²) < 4.78 is 2.06. The summed E-state index contributed by atoms with van der Waals surface area (Å²) in [5.41, 5.74) is 4.69. The first-order valence-corrected chi connectivity index (χ1v) is 12.3. The average molecular weight is 450 g/mol. The van der Waals surface area contributed by atoms with Crippen molar-refractivity contribution in [3.05, 3.63) is 63.4 Å². The van der Waals surface area contributed by atoms with Crippen molar-refractivity contribution in [2.24, 2.45) is 5.41 Å². The highest BCUT2D eigenvalue weighted by Crippen LogP contribution is 2.41. The van der Waals surface area contributed by atoms with E-state index in [4.69, 9.17) is 5.10 Å². The Labute approximate surface area is 193 Å². The lowest BCUT2D eigenvalue weighted by molar-refractivity contribution is 0.0923. The molecule has 0 unspecified atom stereocenters. The van der Waals surface area contributed by atoms with Crippen LogP contribution in [0.2, 0.25) is 0 Å². The van der Waals surface area contributed by atoms with E-state index >= 15 is 0 Å². The van der Waals surface area contributed by atoms with E-state index in [0.717, 1.165) is 48.7 Å². The van der Waals surface area contributed by atoms with Gasteiger partial charge in [-0.2, -0.15) is 5.10 Å². The van der Waals surface area contributed by atoms with Gasteiger partial charge in [0, 0.05) is 5.56 Å². The third kappa shape index (κ3) is 4.24. The minimum absolute atomic E-state index is 0.0348. The summed E-state index contributed by atoms with van der Waals surface area (Å²) in [6.07, 6.45) is 8.02. The average Bonchev–Trinajstić information content (AvgIpc) is 3.49. The maximum Gasteiger partial charge on any atom is 0.263 e. The van der Waals surface area contributed by atoms with Crippen molar-refractivity contribution in [1.82, 2.24) is 25.0 Å². The third-order valence-electron chi connectivity index (χ3n) is 6.66. The van der Waals surface area contributed by atoms with Crippen LogP contribution in [0.15, 0.2) is 36.7 Å². The fraction of sp³-hybridized carbons (Fsp3) is 0.480. The number of carbonyl (C=O) groups excluding carboxylic acids is 1. The SMILES string of the molecule is Cc1ccccc1-n1ncc2c1CC(C)(C)C[C@@H]2NC(=O)c1cnc(CN2CCCC2)s1. The van der Waals surface area contributed by atoms with Gasteiger partial charge >= 0.3 is 0 Å². The maximum atomic E-state index is 13.1. The Bertz CT molecular complexity index is 1130. The van der Waals surface area contributed by atoms with Gasteiger partial charge < -0.3 is 5.32 Å². The molecule has 1 amide bonds. The lowest BCUT2D eigenvalue weighted by Gasteiger charge is -2.36. The van der Waals surface area contributed by atoms with Crippen molar-refractivity contribution in [2.75, 3.05) is 13.1 Å².